The van der Waals surface area contributed by atoms with Gasteiger partial charge in [0.2, 0.25) is 0 Å². The second-order valence-electron chi connectivity index (χ2n) is 10.4. The van der Waals surface area contributed by atoms with E-state index in [2.05, 4.69) is 0 Å². The van der Waals surface area contributed by atoms with Crippen molar-refractivity contribution in [3.8, 4) is 22.7 Å². The number of benzene rings is 3. The SMILES string of the molecule is COc1ccc([C@H]2C(C(=O)OC(C)C)=C(C)N=c3s/c(=C/c4cn(-c5ccccc5)nc4-c4ccccc4)c(=O)n32)cc1. The Morgan fingerprint density at radius 2 is 1.65 bits per heavy atom. The number of methoxy groups -OCH3 is 1. The minimum Gasteiger partial charge on any atom is -0.497 e. The van der Waals surface area contributed by atoms with Crippen LogP contribution in [0.2, 0.25) is 0 Å². The highest BCUT2D eigenvalue weighted by Crippen LogP contribution is 2.32. The molecular formula is C34H30N4O4S. The zero-order valence-corrected chi connectivity index (χ0v) is 25.0. The molecule has 1 atom stereocenters. The van der Waals surface area contributed by atoms with Gasteiger partial charge in [-0.1, -0.05) is 72.0 Å². The number of esters is 1. The van der Waals surface area contributed by atoms with Crippen LogP contribution < -0.4 is 19.6 Å². The molecule has 1 aliphatic heterocycles. The number of rotatable bonds is 7. The van der Waals surface area contributed by atoms with E-state index in [4.69, 9.17) is 19.6 Å². The number of nitrogens with zero attached hydrogens (tertiary/aromatic N) is 4. The summed E-state index contributed by atoms with van der Waals surface area (Å²) in [6, 6.07) is 26.4. The maximum Gasteiger partial charge on any atom is 0.338 e. The second kappa shape index (κ2) is 11.7. The molecule has 0 aliphatic carbocycles. The molecule has 3 aromatic carbocycles. The fourth-order valence-electron chi connectivity index (χ4n) is 5.13. The van der Waals surface area contributed by atoms with Gasteiger partial charge in [-0.3, -0.25) is 9.36 Å². The lowest BCUT2D eigenvalue weighted by atomic mass is 9.96. The fourth-order valence-corrected chi connectivity index (χ4v) is 6.17. The van der Waals surface area contributed by atoms with Crippen molar-refractivity contribution in [2.24, 2.45) is 4.99 Å². The molecule has 0 saturated heterocycles. The summed E-state index contributed by atoms with van der Waals surface area (Å²) in [5.41, 5.74) is 4.72. The lowest BCUT2D eigenvalue weighted by Crippen LogP contribution is -2.40. The van der Waals surface area contributed by atoms with Crippen LogP contribution in [-0.2, 0) is 9.53 Å². The van der Waals surface area contributed by atoms with Crippen LogP contribution >= 0.6 is 11.3 Å². The number of allylic oxidation sites excluding steroid dienone is 1. The van der Waals surface area contributed by atoms with E-state index in [1.807, 2.05) is 102 Å². The predicted octanol–water partition coefficient (Wildman–Crippen LogP) is 5.05. The Morgan fingerprint density at radius 1 is 0.977 bits per heavy atom. The van der Waals surface area contributed by atoms with Crippen LogP contribution in [0.1, 0.15) is 37.9 Å². The molecule has 0 fully saturated rings. The quantitative estimate of drug-likeness (QED) is 0.248. The number of para-hydroxylation sites is 1. The summed E-state index contributed by atoms with van der Waals surface area (Å²) in [6.07, 6.45) is 3.45. The number of thiazole rings is 1. The molecule has 2 aromatic heterocycles. The summed E-state index contributed by atoms with van der Waals surface area (Å²) in [7, 11) is 1.59. The van der Waals surface area contributed by atoms with Crippen LogP contribution in [0.15, 0.2) is 112 Å². The van der Waals surface area contributed by atoms with E-state index in [-0.39, 0.29) is 11.7 Å². The summed E-state index contributed by atoms with van der Waals surface area (Å²) in [4.78, 5) is 32.8. The van der Waals surface area contributed by atoms with E-state index in [9.17, 15) is 9.59 Å². The molecule has 9 heteroatoms. The smallest absolute Gasteiger partial charge is 0.338 e. The number of hydrogen-bond acceptors (Lipinski definition) is 7. The summed E-state index contributed by atoms with van der Waals surface area (Å²) >= 11 is 1.28. The Morgan fingerprint density at radius 3 is 2.30 bits per heavy atom. The van der Waals surface area contributed by atoms with Crippen molar-refractivity contribution in [1.29, 1.82) is 0 Å². The van der Waals surface area contributed by atoms with Crippen molar-refractivity contribution < 1.29 is 14.3 Å². The third-order valence-electron chi connectivity index (χ3n) is 7.11. The minimum atomic E-state index is -0.712. The van der Waals surface area contributed by atoms with E-state index in [0.29, 0.717) is 26.4 Å². The second-order valence-corrected chi connectivity index (χ2v) is 11.4. The van der Waals surface area contributed by atoms with Crippen LogP contribution in [0, 0.1) is 0 Å². The third kappa shape index (κ3) is 5.47. The molecular weight excluding hydrogens is 560 g/mol. The first-order chi connectivity index (χ1) is 20.8. The number of carbonyl (C=O) groups excluding carboxylic acids is 1. The molecule has 0 saturated carbocycles. The number of aromatic nitrogens is 3. The van der Waals surface area contributed by atoms with Crippen molar-refractivity contribution in [3.63, 3.8) is 0 Å². The summed E-state index contributed by atoms with van der Waals surface area (Å²) < 4.78 is 14.8. The Bertz CT molecular complexity index is 2000. The van der Waals surface area contributed by atoms with Gasteiger partial charge in [0.1, 0.15) is 5.75 Å². The van der Waals surface area contributed by atoms with Crippen LogP contribution in [-0.4, -0.2) is 33.5 Å². The average Bonchev–Trinajstić information content (AvgIpc) is 3.57. The Hall–Kier alpha value is -5.02. The fraction of sp³-hybridized carbons (Fsp3) is 0.176. The normalized spacial score (nSPS) is 14.9. The number of hydrogen-bond donors (Lipinski definition) is 0. The van der Waals surface area contributed by atoms with Crippen molar-refractivity contribution in [2.45, 2.75) is 32.9 Å². The number of carbonyl (C=O) groups is 1. The summed E-state index contributed by atoms with van der Waals surface area (Å²) in [5, 5.41) is 4.89. The van der Waals surface area contributed by atoms with Crippen molar-refractivity contribution in [3.05, 3.63) is 133 Å². The first-order valence-electron chi connectivity index (χ1n) is 13.9. The molecule has 3 heterocycles. The van der Waals surface area contributed by atoms with Gasteiger partial charge in [-0.05, 0) is 56.7 Å². The van der Waals surface area contributed by atoms with Gasteiger partial charge in [0.15, 0.2) is 4.80 Å². The van der Waals surface area contributed by atoms with Gasteiger partial charge in [-0.15, -0.1) is 0 Å². The van der Waals surface area contributed by atoms with E-state index in [1.165, 1.54) is 11.3 Å². The molecule has 0 spiro atoms. The van der Waals surface area contributed by atoms with Gasteiger partial charge >= 0.3 is 5.97 Å². The highest BCUT2D eigenvalue weighted by atomic mass is 32.1. The monoisotopic (exact) mass is 590 g/mol. The Balaban J connectivity index is 1.55. The van der Waals surface area contributed by atoms with Gasteiger partial charge in [0.05, 0.1) is 46.4 Å². The van der Waals surface area contributed by atoms with Crippen LogP contribution in [0.25, 0.3) is 23.0 Å². The minimum absolute atomic E-state index is 0.251. The molecule has 0 radical (unpaired) electrons. The molecule has 6 rings (SSSR count). The molecule has 216 valence electrons. The number of ether oxygens (including phenoxy) is 2. The maximum atomic E-state index is 14.2. The third-order valence-corrected chi connectivity index (χ3v) is 8.10. The zero-order chi connectivity index (χ0) is 30.1. The number of fused-ring (bicyclic) bond motifs is 1. The van der Waals surface area contributed by atoms with Gasteiger partial charge < -0.3 is 9.47 Å². The molecule has 0 unspecified atom stereocenters. The van der Waals surface area contributed by atoms with Crippen molar-refractivity contribution in [2.75, 3.05) is 7.11 Å². The van der Waals surface area contributed by atoms with Crippen molar-refractivity contribution >= 4 is 23.4 Å². The summed E-state index contributed by atoms with van der Waals surface area (Å²) in [5.74, 6) is 0.175. The Kier molecular flexibility index (Phi) is 7.65. The first-order valence-corrected chi connectivity index (χ1v) is 14.7. The average molecular weight is 591 g/mol. The molecule has 1 aliphatic rings. The lowest BCUT2D eigenvalue weighted by molar-refractivity contribution is -0.143. The molecule has 0 N–H and O–H groups in total. The molecule has 5 aromatic rings. The Labute approximate surface area is 252 Å². The molecule has 8 nitrogen and oxygen atoms in total. The van der Waals surface area contributed by atoms with E-state index < -0.39 is 12.0 Å². The van der Waals surface area contributed by atoms with Gasteiger partial charge in [-0.25, -0.2) is 14.5 Å². The van der Waals surface area contributed by atoms with Crippen LogP contribution in [0.3, 0.4) is 0 Å². The van der Waals surface area contributed by atoms with E-state index >= 15 is 0 Å². The standard InChI is InChI=1S/C34H30N4O4S/c1-21(2)42-33(40)29-22(3)35-34-38(31(29)24-15-17-27(41-4)18-16-24)32(39)28(43-34)19-25-20-37(26-13-9-6-10-14-26)36-30(25)23-11-7-5-8-12-23/h5-21,31H,1-4H3/b28-19+/t31-/m0/s1. The summed E-state index contributed by atoms with van der Waals surface area (Å²) in [6.45, 7) is 5.37. The molecule has 43 heavy (non-hydrogen) atoms. The maximum absolute atomic E-state index is 14.2. The van der Waals surface area contributed by atoms with Gasteiger partial charge in [0, 0.05) is 17.3 Å². The van der Waals surface area contributed by atoms with Crippen LogP contribution in [0.5, 0.6) is 5.75 Å². The lowest BCUT2D eigenvalue weighted by Gasteiger charge is -2.25. The first kappa shape index (κ1) is 28.1. The topological polar surface area (TPSA) is 87.7 Å². The van der Waals surface area contributed by atoms with Crippen LogP contribution in [0.4, 0.5) is 0 Å². The predicted molar refractivity (Wildman–Crippen MR) is 167 cm³/mol. The van der Waals surface area contributed by atoms with Gasteiger partial charge in [-0.2, -0.15) is 5.10 Å². The highest BCUT2D eigenvalue weighted by Gasteiger charge is 2.34. The van der Waals surface area contributed by atoms with Crippen molar-refractivity contribution in [1.82, 2.24) is 14.3 Å². The molecule has 0 bridgehead atoms. The van der Waals surface area contributed by atoms with E-state index in [0.717, 1.165) is 28.1 Å². The zero-order valence-electron chi connectivity index (χ0n) is 24.2. The van der Waals surface area contributed by atoms with E-state index in [1.54, 1.807) is 32.4 Å². The highest BCUT2D eigenvalue weighted by molar-refractivity contribution is 7.07. The van der Waals surface area contributed by atoms with Gasteiger partial charge in [0.25, 0.3) is 5.56 Å². The molecule has 0 amide bonds. The largest absolute Gasteiger partial charge is 0.497 e.